The van der Waals surface area contributed by atoms with Crippen LogP contribution in [0.25, 0.3) is 33.6 Å². The lowest BCUT2D eigenvalue weighted by Crippen LogP contribution is -2.50. The second kappa shape index (κ2) is 11.3. The van der Waals surface area contributed by atoms with Crippen molar-refractivity contribution < 1.29 is 36.0 Å². The van der Waals surface area contributed by atoms with Gasteiger partial charge in [-0.3, -0.25) is 9.59 Å². The highest BCUT2D eigenvalue weighted by molar-refractivity contribution is 6.87. The number of carbonyl (C=O) groups is 2. The third kappa shape index (κ3) is 6.15. The van der Waals surface area contributed by atoms with Crippen LogP contribution in [0.15, 0.2) is 52.9 Å². The van der Waals surface area contributed by atoms with Gasteiger partial charge in [-0.1, -0.05) is 18.9 Å². The van der Waals surface area contributed by atoms with Gasteiger partial charge in [0.25, 0.3) is 14.1 Å². The molecule has 2 amide bonds. The Morgan fingerprint density at radius 2 is 1.74 bits per heavy atom. The Balaban J connectivity index is 1.67. The molecule has 2 aromatic carbocycles. The number of hydrogen-bond acceptors (Lipinski definition) is 5. The maximum Gasteiger partial charge on any atom is 0.389 e. The molecule has 43 heavy (non-hydrogen) atoms. The normalized spacial score (nSPS) is 14.7. The van der Waals surface area contributed by atoms with Crippen LogP contribution < -0.4 is 10.3 Å². The lowest BCUT2D eigenvalue weighted by atomic mass is 9.96. The molecule has 0 aliphatic heterocycles. The molecule has 4 aromatic rings. The number of furan rings is 1. The summed E-state index contributed by atoms with van der Waals surface area (Å²) >= 11 is 0. The van der Waals surface area contributed by atoms with E-state index in [1.54, 1.807) is 6.55 Å². The molecule has 2 N–H and O–H groups in total. The smallest absolute Gasteiger partial charge is 0.389 e. The van der Waals surface area contributed by atoms with E-state index < -0.39 is 50.7 Å². The zero-order chi connectivity index (χ0) is 31.1. The molecule has 1 fully saturated rings. The Morgan fingerprint density at radius 1 is 1.07 bits per heavy atom. The van der Waals surface area contributed by atoms with E-state index in [1.165, 1.54) is 37.4 Å². The van der Waals surface area contributed by atoms with Crippen LogP contribution in [0.3, 0.4) is 0 Å². The minimum absolute atomic E-state index is 0.0144. The van der Waals surface area contributed by atoms with E-state index >= 15 is 0 Å². The first-order valence-electron chi connectivity index (χ1n) is 13.4. The first-order valence-corrected chi connectivity index (χ1v) is 16.0. The van der Waals surface area contributed by atoms with E-state index in [9.17, 15) is 36.8 Å². The highest BCUT2D eigenvalue weighted by Gasteiger charge is 2.46. The predicted molar refractivity (Wildman–Crippen MR) is 150 cm³/mol. The topological polar surface area (TPSA) is 108 Å². The molecule has 2 heterocycles. The summed E-state index contributed by atoms with van der Waals surface area (Å²) in [5.74, 6) is -2.75. The maximum atomic E-state index is 14.9. The Bertz CT molecular complexity index is 1780. The lowest BCUT2D eigenvalue weighted by molar-refractivity contribution is -0.134. The lowest BCUT2D eigenvalue weighted by Gasteiger charge is -2.20. The highest BCUT2D eigenvalue weighted by atomic mass is 28.3. The van der Waals surface area contributed by atoms with E-state index in [0.717, 1.165) is 31.0 Å². The van der Waals surface area contributed by atoms with Gasteiger partial charge in [-0.25, -0.2) is 19.0 Å². The van der Waals surface area contributed by atoms with Crippen molar-refractivity contribution in [2.45, 2.75) is 43.9 Å². The Hall–Kier alpha value is -4.57. The quantitative estimate of drug-likeness (QED) is 0.168. The highest BCUT2D eigenvalue weighted by Crippen LogP contribution is 2.44. The molecule has 222 valence electrons. The van der Waals surface area contributed by atoms with Crippen molar-refractivity contribution in [1.82, 2.24) is 15.3 Å². The molecule has 1 atom stereocenters. The van der Waals surface area contributed by atoms with Crippen LogP contribution in [0.1, 0.15) is 45.7 Å². The van der Waals surface area contributed by atoms with E-state index in [-0.39, 0.29) is 50.3 Å². The number of fused-ring (bicyclic) bond motifs is 1. The standard InChI is InChI=1S/C30H25F5N4O3Si/c1-37-28(41)25-22-14-20(17-5-10-23(32)21(13-17)27(40)39-43(2,15-36)19-8-9-19)24(11-12-30(33,34)35)38-29(22)42-26(25)16-3-6-18(31)7-4-16/h3-7,10,13-14,19H,8-9,11-12H2,1-2H3,(H,37,41)(H,39,40)/t43-/m1/s1. The molecule has 1 aliphatic rings. The average Bonchev–Trinajstić information content (AvgIpc) is 3.77. The summed E-state index contributed by atoms with van der Waals surface area (Å²) in [5.41, 5.74) is 2.37. The minimum atomic E-state index is -4.52. The predicted octanol–water partition coefficient (Wildman–Crippen LogP) is 6.83. The first kappa shape index (κ1) is 29.9. The SMILES string of the molecule is CNC(=O)c1c(-c2ccc(F)cc2)oc2nc(CCC(F)(F)F)c(-c3ccc(F)c(C(=O)N[Si@](C)(C#N)C4CC4)c3)cc12. The van der Waals surface area contributed by atoms with Crippen LogP contribution in [0.4, 0.5) is 22.0 Å². The summed E-state index contributed by atoms with van der Waals surface area (Å²) in [4.78, 5) is 33.2. The number of rotatable bonds is 8. The molecular formula is C30H25F5N4O3Si. The molecule has 0 unspecified atom stereocenters. The number of alkyl halides is 3. The fraction of sp³-hybridized carbons (Fsp3) is 0.267. The van der Waals surface area contributed by atoms with Crippen LogP contribution in [-0.4, -0.2) is 38.3 Å². The number of nitriles is 1. The number of halogens is 5. The summed E-state index contributed by atoms with van der Waals surface area (Å²) in [6, 6.07) is 10.0. The molecule has 1 saturated carbocycles. The molecule has 0 bridgehead atoms. The summed E-state index contributed by atoms with van der Waals surface area (Å²) in [5, 5.41) is 12.3. The minimum Gasteiger partial charge on any atom is -0.437 e. The van der Waals surface area contributed by atoms with Crippen LogP contribution in [-0.2, 0) is 6.42 Å². The van der Waals surface area contributed by atoms with Gasteiger partial charge in [0, 0.05) is 24.6 Å². The summed E-state index contributed by atoms with van der Waals surface area (Å²) in [7, 11) is -1.49. The number of benzene rings is 2. The molecule has 13 heteroatoms. The third-order valence-electron chi connectivity index (χ3n) is 7.49. The number of aromatic nitrogens is 1. The van der Waals surface area contributed by atoms with Crippen LogP contribution >= 0.6 is 0 Å². The van der Waals surface area contributed by atoms with Gasteiger partial charge in [-0.05, 0) is 66.5 Å². The number of hydrogen-bond donors (Lipinski definition) is 2. The van der Waals surface area contributed by atoms with Crippen molar-refractivity contribution >= 4 is 31.1 Å². The molecule has 0 spiro atoms. The summed E-state index contributed by atoms with van der Waals surface area (Å²) in [6.45, 7) is 1.69. The zero-order valence-electron chi connectivity index (χ0n) is 23.0. The van der Waals surface area contributed by atoms with Crippen molar-refractivity contribution in [2.75, 3.05) is 7.05 Å². The van der Waals surface area contributed by atoms with Gasteiger partial charge in [-0.15, -0.1) is 0 Å². The summed E-state index contributed by atoms with van der Waals surface area (Å²) < 4.78 is 74.3. The largest absolute Gasteiger partial charge is 0.437 e. The fourth-order valence-electron chi connectivity index (χ4n) is 4.97. The molecule has 5 rings (SSSR count). The van der Waals surface area contributed by atoms with Crippen molar-refractivity contribution in [3.8, 4) is 28.1 Å². The number of amides is 2. The first-order chi connectivity index (χ1) is 20.3. The number of pyridine rings is 1. The van der Waals surface area contributed by atoms with Gasteiger partial charge >= 0.3 is 6.18 Å². The molecule has 2 aromatic heterocycles. The van der Waals surface area contributed by atoms with E-state index in [1.807, 2.05) is 0 Å². The second-order valence-electron chi connectivity index (χ2n) is 10.6. The summed E-state index contributed by atoms with van der Waals surface area (Å²) in [6.07, 6.45) is -4.73. The zero-order valence-corrected chi connectivity index (χ0v) is 24.0. The van der Waals surface area contributed by atoms with Crippen LogP contribution in [0.5, 0.6) is 0 Å². The van der Waals surface area contributed by atoms with E-state index in [0.29, 0.717) is 5.56 Å². The number of nitrogens with zero attached hydrogens (tertiary/aromatic N) is 2. The number of nitrogens with one attached hydrogen (secondary N) is 2. The van der Waals surface area contributed by atoms with Crippen LogP contribution in [0, 0.1) is 22.6 Å². The Labute approximate surface area is 243 Å². The molecule has 0 radical (unpaired) electrons. The van der Waals surface area contributed by atoms with Crippen molar-refractivity contribution in [3.63, 3.8) is 0 Å². The Morgan fingerprint density at radius 3 is 2.35 bits per heavy atom. The van der Waals surface area contributed by atoms with Gasteiger partial charge in [0.15, 0.2) is 0 Å². The van der Waals surface area contributed by atoms with E-state index in [2.05, 4.69) is 21.0 Å². The van der Waals surface area contributed by atoms with Crippen molar-refractivity contribution in [1.29, 1.82) is 5.26 Å². The molecule has 7 nitrogen and oxygen atoms in total. The van der Waals surface area contributed by atoms with E-state index in [4.69, 9.17) is 4.42 Å². The molecule has 1 aliphatic carbocycles. The van der Waals surface area contributed by atoms with Crippen molar-refractivity contribution in [2.24, 2.45) is 0 Å². The maximum absolute atomic E-state index is 14.9. The molecule has 0 saturated heterocycles. The number of carbonyl (C=O) groups excluding carboxylic acids is 2. The second-order valence-corrected chi connectivity index (χ2v) is 14.3. The van der Waals surface area contributed by atoms with Gasteiger partial charge in [-0.2, -0.15) is 13.2 Å². The van der Waals surface area contributed by atoms with Crippen LogP contribution in [0.2, 0.25) is 12.1 Å². The van der Waals surface area contributed by atoms with Gasteiger partial charge < -0.3 is 14.7 Å². The molecular weight excluding hydrogens is 587 g/mol. The van der Waals surface area contributed by atoms with Crippen molar-refractivity contribution in [3.05, 3.63) is 77.0 Å². The number of aryl methyl sites for hydroxylation is 1. The monoisotopic (exact) mass is 612 g/mol. The Kier molecular flexibility index (Phi) is 7.83. The van der Waals surface area contributed by atoms with Gasteiger partial charge in [0.05, 0.1) is 27.9 Å². The fourth-order valence-corrected chi connectivity index (χ4v) is 7.34. The van der Waals surface area contributed by atoms with Gasteiger partial charge in [0.2, 0.25) is 11.6 Å². The average molecular weight is 613 g/mol. The van der Waals surface area contributed by atoms with Gasteiger partial charge in [0.1, 0.15) is 17.4 Å². The third-order valence-corrected chi connectivity index (χ3v) is 10.9.